The van der Waals surface area contributed by atoms with E-state index in [-0.39, 0.29) is 5.91 Å². The van der Waals surface area contributed by atoms with Crippen LogP contribution in [0.25, 0.3) is 0 Å². The maximum absolute atomic E-state index is 11.2. The minimum atomic E-state index is -0.0439. The predicted octanol–water partition coefficient (Wildman–Crippen LogP) is 2.19. The van der Waals surface area contributed by atoms with Crippen LogP contribution < -0.4 is 10.6 Å². The molecule has 23 heavy (non-hydrogen) atoms. The molecule has 1 aliphatic rings. The summed E-state index contributed by atoms with van der Waals surface area (Å²) >= 11 is 0. The Kier molecular flexibility index (Phi) is 5.00. The Morgan fingerprint density at radius 1 is 1.39 bits per heavy atom. The minimum absolute atomic E-state index is 0.0439. The molecule has 0 saturated carbocycles. The number of piperazine rings is 1. The third-order valence-corrected chi connectivity index (χ3v) is 4.06. The highest BCUT2D eigenvalue weighted by molar-refractivity contribution is 5.88. The number of aromatic nitrogens is 1. The molecule has 1 fully saturated rings. The molecule has 3 rings (SSSR count). The molecule has 2 N–H and O–H groups in total. The molecule has 0 spiro atoms. The van der Waals surface area contributed by atoms with Crippen LogP contribution in [0, 0.1) is 0 Å². The van der Waals surface area contributed by atoms with E-state index in [1.54, 1.807) is 6.20 Å². The number of rotatable bonds is 4. The van der Waals surface area contributed by atoms with Crippen molar-refractivity contribution < 1.29 is 4.79 Å². The topological polar surface area (TPSA) is 57.3 Å². The molecular formula is C18H22N4O. The maximum atomic E-state index is 11.2. The molecule has 2 heterocycles. The van der Waals surface area contributed by atoms with Gasteiger partial charge in [-0.15, -0.1) is 0 Å². The van der Waals surface area contributed by atoms with E-state index in [0.29, 0.717) is 6.04 Å². The number of amides is 1. The van der Waals surface area contributed by atoms with Gasteiger partial charge in [-0.1, -0.05) is 18.2 Å². The third-order valence-electron chi connectivity index (χ3n) is 4.06. The van der Waals surface area contributed by atoms with Crippen molar-refractivity contribution in [3.05, 3.63) is 59.9 Å². The summed E-state index contributed by atoms with van der Waals surface area (Å²) in [5, 5.41) is 6.31. The van der Waals surface area contributed by atoms with Crippen LogP contribution in [0.3, 0.4) is 0 Å². The number of hydrogen-bond donors (Lipinski definition) is 2. The van der Waals surface area contributed by atoms with Gasteiger partial charge in [-0.3, -0.25) is 14.7 Å². The number of hydrogen-bond acceptors (Lipinski definition) is 4. The summed E-state index contributed by atoms with van der Waals surface area (Å²) in [6.45, 7) is 5.29. The van der Waals surface area contributed by atoms with Crippen molar-refractivity contribution >= 4 is 11.6 Å². The highest BCUT2D eigenvalue weighted by Gasteiger charge is 2.23. The Balaban J connectivity index is 1.76. The first-order chi connectivity index (χ1) is 11.2. The Hall–Kier alpha value is -2.24. The van der Waals surface area contributed by atoms with E-state index in [2.05, 4.69) is 32.7 Å². The number of nitrogens with one attached hydrogen (secondary N) is 2. The Morgan fingerprint density at radius 3 is 3.09 bits per heavy atom. The maximum Gasteiger partial charge on any atom is 0.221 e. The first kappa shape index (κ1) is 15.6. The molecule has 0 bridgehead atoms. The zero-order chi connectivity index (χ0) is 16.1. The summed E-state index contributed by atoms with van der Waals surface area (Å²) in [5.74, 6) is -0.0439. The number of anilines is 1. The lowest BCUT2D eigenvalue weighted by atomic mass is 10.0. The van der Waals surface area contributed by atoms with Crippen LogP contribution >= 0.6 is 0 Å². The highest BCUT2D eigenvalue weighted by Crippen LogP contribution is 2.24. The van der Waals surface area contributed by atoms with Crippen LogP contribution in [-0.4, -0.2) is 35.4 Å². The van der Waals surface area contributed by atoms with Gasteiger partial charge in [-0.2, -0.15) is 0 Å². The van der Waals surface area contributed by atoms with Gasteiger partial charge in [0.1, 0.15) is 0 Å². The first-order valence-electron chi connectivity index (χ1n) is 7.93. The van der Waals surface area contributed by atoms with Crippen LogP contribution in [0.4, 0.5) is 5.69 Å². The molecule has 0 radical (unpaired) electrons. The van der Waals surface area contributed by atoms with Gasteiger partial charge in [0.15, 0.2) is 0 Å². The van der Waals surface area contributed by atoms with E-state index in [0.717, 1.165) is 31.9 Å². The molecule has 5 nitrogen and oxygen atoms in total. The number of benzene rings is 1. The van der Waals surface area contributed by atoms with Gasteiger partial charge in [-0.05, 0) is 29.3 Å². The number of pyridine rings is 1. The average Bonchev–Trinajstić information content (AvgIpc) is 2.56. The van der Waals surface area contributed by atoms with Gasteiger partial charge in [0.25, 0.3) is 0 Å². The highest BCUT2D eigenvalue weighted by atomic mass is 16.1. The van der Waals surface area contributed by atoms with Gasteiger partial charge < -0.3 is 10.6 Å². The van der Waals surface area contributed by atoms with Crippen molar-refractivity contribution in [3.8, 4) is 0 Å². The quantitative estimate of drug-likeness (QED) is 0.909. The largest absolute Gasteiger partial charge is 0.326 e. The lowest BCUT2D eigenvalue weighted by Gasteiger charge is -2.36. The average molecular weight is 310 g/mol. The second-order valence-electron chi connectivity index (χ2n) is 5.86. The van der Waals surface area contributed by atoms with Crippen molar-refractivity contribution in [1.29, 1.82) is 0 Å². The fraction of sp³-hybridized carbons (Fsp3) is 0.333. The molecule has 1 unspecified atom stereocenters. The standard InChI is InChI=1S/C18H22N4O/c1-14(23)21-17-6-2-4-15(10-17)13-22-9-8-20-12-18(22)16-5-3-7-19-11-16/h2-7,10-11,18,20H,8-9,12-13H2,1H3,(H,21,23). The van der Waals surface area contributed by atoms with E-state index in [9.17, 15) is 4.79 Å². The van der Waals surface area contributed by atoms with Crippen molar-refractivity contribution in [2.24, 2.45) is 0 Å². The first-order valence-corrected chi connectivity index (χ1v) is 7.93. The Bertz CT molecular complexity index is 659. The van der Waals surface area contributed by atoms with Crippen LogP contribution in [0.1, 0.15) is 24.1 Å². The van der Waals surface area contributed by atoms with E-state index >= 15 is 0 Å². The third kappa shape index (κ3) is 4.15. The molecule has 1 aromatic heterocycles. The predicted molar refractivity (Wildman–Crippen MR) is 91.0 cm³/mol. The van der Waals surface area contributed by atoms with E-state index in [4.69, 9.17) is 0 Å². The normalized spacial score (nSPS) is 18.6. The van der Waals surface area contributed by atoms with Crippen LogP contribution in [0.15, 0.2) is 48.8 Å². The van der Waals surface area contributed by atoms with E-state index < -0.39 is 0 Å². The van der Waals surface area contributed by atoms with Gasteiger partial charge >= 0.3 is 0 Å². The van der Waals surface area contributed by atoms with Crippen molar-refractivity contribution in [2.75, 3.05) is 25.0 Å². The number of carbonyl (C=O) groups excluding carboxylic acids is 1. The molecule has 120 valence electrons. The SMILES string of the molecule is CC(=O)Nc1cccc(CN2CCNCC2c2cccnc2)c1. The fourth-order valence-electron chi connectivity index (χ4n) is 3.02. The number of nitrogens with zero attached hydrogens (tertiary/aromatic N) is 2. The molecular weight excluding hydrogens is 288 g/mol. The van der Waals surface area contributed by atoms with Crippen molar-refractivity contribution in [3.63, 3.8) is 0 Å². The Labute approximate surface area is 136 Å². The van der Waals surface area contributed by atoms with Gasteiger partial charge in [0.05, 0.1) is 0 Å². The molecule has 2 aromatic rings. The Morgan fingerprint density at radius 2 is 2.30 bits per heavy atom. The second kappa shape index (κ2) is 7.35. The monoisotopic (exact) mass is 310 g/mol. The minimum Gasteiger partial charge on any atom is -0.326 e. The molecule has 5 heteroatoms. The molecule has 1 aromatic carbocycles. The van der Waals surface area contributed by atoms with E-state index in [1.807, 2.05) is 30.5 Å². The molecule has 1 amide bonds. The fourth-order valence-corrected chi connectivity index (χ4v) is 3.02. The van der Waals surface area contributed by atoms with E-state index in [1.165, 1.54) is 18.1 Å². The van der Waals surface area contributed by atoms with Crippen molar-refractivity contribution in [2.45, 2.75) is 19.5 Å². The summed E-state index contributed by atoms with van der Waals surface area (Å²) in [4.78, 5) is 17.9. The number of carbonyl (C=O) groups is 1. The molecule has 1 aliphatic heterocycles. The second-order valence-corrected chi connectivity index (χ2v) is 5.86. The lowest BCUT2D eigenvalue weighted by Crippen LogP contribution is -2.45. The van der Waals surface area contributed by atoms with Crippen LogP contribution in [0.5, 0.6) is 0 Å². The smallest absolute Gasteiger partial charge is 0.221 e. The van der Waals surface area contributed by atoms with Gasteiger partial charge in [0.2, 0.25) is 5.91 Å². The molecule has 1 saturated heterocycles. The summed E-state index contributed by atoms with van der Waals surface area (Å²) < 4.78 is 0. The summed E-state index contributed by atoms with van der Waals surface area (Å²) in [6, 6.07) is 12.5. The zero-order valence-electron chi connectivity index (χ0n) is 13.3. The summed E-state index contributed by atoms with van der Waals surface area (Å²) in [5.41, 5.74) is 3.29. The zero-order valence-corrected chi connectivity index (χ0v) is 13.3. The van der Waals surface area contributed by atoms with Gasteiger partial charge in [0, 0.05) is 57.2 Å². The molecule has 1 atom stereocenters. The lowest BCUT2D eigenvalue weighted by molar-refractivity contribution is -0.114. The van der Waals surface area contributed by atoms with Crippen LogP contribution in [-0.2, 0) is 11.3 Å². The summed E-state index contributed by atoms with van der Waals surface area (Å²) in [7, 11) is 0. The van der Waals surface area contributed by atoms with Gasteiger partial charge in [-0.25, -0.2) is 0 Å². The van der Waals surface area contributed by atoms with Crippen LogP contribution in [0.2, 0.25) is 0 Å². The van der Waals surface area contributed by atoms with Crippen molar-refractivity contribution in [1.82, 2.24) is 15.2 Å². The molecule has 0 aliphatic carbocycles. The summed E-state index contributed by atoms with van der Waals surface area (Å²) in [6.07, 6.45) is 3.75.